The average molecular weight is 579 g/mol. The highest BCUT2D eigenvalue weighted by molar-refractivity contribution is 6.11. The number of halogens is 3. The predicted octanol–water partition coefficient (Wildman–Crippen LogP) is 5.33. The van der Waals surface area contributed by atoms with Crippen LogP contribution in [0.2, 0.25) is 0 Å². The van der Waals surface area contributed by atoms with E-state index in [0.29, 0.717) is 11.6 Å². The van der Waals surface area contributed by atoms with Gasteiger partial charge in [-0.2, -0.15) is 13.2 Å². The summed E-state index contributed by atoms with van der Waals surface area (Å²) in [5.74, 6) is 0.986. The zero-order chi connectivity index (χ0) is 29.4. The van der Waals surface area contributed by atoms with Crippen molar-refractivity contribution >= 4 is 11.6 Å². The first-order valence-corrected chi connectivity index (χ1v) is 15.0. The van der Waals surface area contributed by atoms with E-state index in [4.69, 9.17) is 0 Å². The topological polar surface area (TPSA) is 66.3 Å². The summed E-state index contributed by atoms with van der Waals surface area (Å²) in [4.78, 5) is 18.1. The van der Waals surface area contributed by atoms with Crippen LogP contribution in [0.3, 0.4) is 0 Å². The van der Waals surface area contributed by atoms with Crippen LogP contribution in [0, 0.1) is 11.3 Å². The Bertz CT molecular complexity index is 1520. The fraction of sp³-hybridized carbons (Fsp3) is 0.531. The van der Waals surface area contributed by atoms with Crippen LogP contribution < -0.4 is 10.2 Å². The molecule has 1 aliphatic carbocycles. The zero-order valence-corrected chi connectivity index (χ0v) is 24.3. The second-order valence-electron chi connectivity index (χ2n) is 13.2. The molecule has 3 aliphatic heterocycles. The van der Waals surface area contributed by atoms with Crippen LogP contribution in [0.5, 0.6) is 0 Å². The Morgan fingerprint density at radius 1 is 1.12 bits per heavy atom. The third-order valence-corrected chi connectivity index (χ3v) is 10.5. The molecule has 1 spiro atoms. The summed E-state index contributed by atoms with van der Waals surface area (Å²) < 4.78 is 45.4. The van der Waals surface area contributed by atoms with Gasteiger partial charge in [-0.05, 0) is 86.9 Å². The number of hydrogen-bond donors (Lipinski definition) is 1. The number of nitrogens with one attached hydrogen (secondary N) is 1. The van der Waals surface area contributed by atoms with Gasteiger partial charge < -0.3 is 9.88 Å². The van der Waals surface area contributed by atoms with E-state index < -0.39 is 17.8 Å². The number of benzene rings is 2. The Balaban J connectivity index is 1.33. The third kappa shape index (κ3) is 4.12. The van der Waals surface area contributed by atoms with E-state index in [1.54, 1.807) is 17.3 Å². The molecule has 7 rings (SSSR count). The second kappa shape index (κ2) is 9.64. The molecule has 3 aromatic rings. The number of carbonyl (C=O) groups is 1. The zero-order valence-electron chi connectivity index (χ0n) is 24.3. The number of carbonyl (C=O) groups excluding carboxylic acids is 1. The highest BCUT2D eigenvalue weighted by atomic mass is 19.4. The molecule has 3 atom stereocenters. The highest BCUT2D eigenvalue weighted by Crippen LogP contribution is 2.53. The number of anilines is 1. The monoisotopic (exact) mass is 578 g/mol. The SMILES string of the molecule is CC1CC(c2cccc(N3C(=O)c4cccc(C(F)(F)F)c4C3[C@H](C)N3CC[C@]4(CCNC4)C3)c2)(c2nncn2C)C1. The van der Waals surface area contributed by atoms with E-state index in [1.165, 1.54) is 6.07 Å². The molecule has 42 heavy (non-hydrogen) atoms. The molecule has 1 unspecified atom stereocenters. The fourth-order valence-electron chi connectivity index (χ4n) is 8.45. The van der Waals surface area contributed by atoms with Crippen LogP contribution in [-0.2, 0) is 18.6 Å². The number of amides is 1. The van der Waals surface area contributed by atoms with Crippen LogP contribution in [0.1, 0.15) is 78.4 Å². The number of alkyl halides is 3. The maximum absolute atomic E-state index is 14.5. The number of nitrogens with zero attached hydrogens (tertiary/aromatic N) is 5. The van der Waals surface area contributed by atoms with Gasteiger partial charge in [-0.15, -0.1) is 10.2 Å². The fourth-order valence-corrected chi connectivity index (χ4v) is 8.45. The molecular formula is C32H37F3N6O. The number of rotatable bonds is 5. The maximum atomic E-state index is 14.5. The summed E-state index contributed by atoms with van der Waals surface area (Å²) in [5.41, 5.74) is 0.947. The summed E-state index contributed by atoms with van der Waals surface area (Å²) in [6.45, 7) is 7.72. The molecule has 3 fully saturated rings. The van der Waals surface area contributed by atoms with Crippen LogP contribution in [-0.4, -0.2) is 57.8 Å². The Labute approximate surface area is 244 Å². The molecule has 1 N–H and O–H groups in total. The molecular weight excluding hydrogens is 541 g/mol. The smallest absolute Gasteiger partial charge is 0.320 e. The highest BCUT2D eigenvalue weighted by Gasteiger charge is 2.52. The van der Waals surface area contributed by atoms with Crippen molar-refractivity contribution in [2.45, 2.75) is 63.2 Å². The first-order chi connectivity index (χ1) is 20.0. The van der Waals surface area contributed by atoms with Gasteiger partial charge in [0, 0.05) is 43.0 Å². The predicted molar refractivity (Wildman–Crippen MR) is 153 cm³/mol. The summed E-state index contributed by atoms with van der Waals surface area (Å²) >= 11 is 0. The number of likely N-dealkylation sites (tertiary alicyclic amines) is 1. The molecule has 222 valence electrons. The minimum atomic E-state index is -4.57. The van der Waals surface area contributed by atoms with Gasteiger partial charge in [0.1, 0.15) is 12.2 Å². The van der Waals surface area contributed by atoms with Gasteiger partial charge >= 0.3 is 6.18 Å². The molecule has 1 saturated carbocycles. The first kappa shape index (κ1) is 27.6. The van der Waals surface area contributed by atoms with Crippen molar-refractivity contribution < 1.29 is 18.0 Å². The minimum Gasteiger partial charge on any atom is -0.320 e. The lowest BCUT2D eigenvalue weighted by Gasteiger charge is -2.46. The lowest BCUT2D eigenvalue weighted by atomic mass is 9.58. The quantitative estimate of drug-likeness (QED) is 0.444. The Morgan fingerprint density at radius 3 is 2.57 bits per heavy atom. The largest absolute Gasteiger partial charge is 0.416 e. The second-order valence-corrected chi connectivity index (χ2v) is 13.2. The van der Waals surface area contributed by atoms with Crippen LogP contribution in [0.25, 0.3) is 0 Å². The van der Waals surface area contributed by atoms with E-state index >= 15 is 0 Å². The van der Waals surface area contributed by atoms with Crippen molar-refractivity contribution in [3.8, 4) is 0 Å². The number of hydrogen-bond acceptors (Lipinski definition) is 5. The minimum absolute atomic E-state index is 0.0960. The number of fused-ring (bicyclic) bond motifs is 1. The maximum Gasteiger partial charge on any atom is 0.416 e. The van der Waals surface area contributed by atoms with E-state index in [1.807, 2.05) is 36.7 Å². The summed E-state index contributed by atoms with van der Waals surface area (Å²) in [6.07, 6.45) is 0.980. The summed E-state index contributed by atoms with van der Waals surface area (Å²) in [5, 5.41) is 12.1. The Hall–Kier alpha value is -3.24. The number of aromatic nitrogens is 3. The molecule has 0 bridgehead atoms. The average Bonchev–Trinajstić information content (AvgIpc) is 3.74. The summed E-state index contributed by atoms with van der Waals surface area (Å²) in [6, 6.07) is 10.8. The molecule has 10 heteroatoms. The van der Waals surface area contributed by atoms with Gasteiger partial charge in [0.15, 0.2) is 0 Å². The van der Waals surface area contributed by atoms with Gasteiger partial charge in [-0.25, -0.2) is 0 Å². The van der Waals surface area contributed by atoms with Gasteiger partial charge in [0.05, 0.1) is 17.0 Å². The van der Waals surface area contributed by atoms with Crippen molar-refractivity contribution in [2.24, 2.45) is 18.4 Å². The van der Waals surface area contributed by atoms with Gasteiger partial charge in [-0.1, -0.05) is 25.1 Å². The van der Waals surface area contributed by atoms with Crippen molar-refractivity contribution in [2.75, 3.05) is 31.1 Å². The lowest BCUT2D eigenvalue weighted by molar-refractivity contribution is -0.138. The Morgan fingerprint density at radius 2 is 1.90 bits per heavy atom. The molecule has 1 aromatic heterocycles. The van der Waals surface area contributed by atoms with Crippen molar-refractivity contribution in [1.29, 1.82) is 0 Å². The van der Waals surface area contributed by atoms with Crippen LogP contribution >= 0.6 is 0 Å². The molecule has 2 aromatic carbocycles. The van der Waals surface area contributed by atoms with Crippen molar-refractivity contribution in [1.82, 2.24) is 25.0 Å². The van der Waals surface area contributed by atoms with Gasteiger partial charge in [0.2, 0.25) is 0 Å². The Kier molecular flexibility index (Phi) is 6.33. The van der Waals surface area contributed by atoms with E-state index in [2.05, 4.69) is 33.4 Å². The van der Waals surface area contributed by atoms with Crippen LogP contribution in [0.15, 0.2) is 48.8 Å². The molecule has 4 aliphatic rings. The third-order valence-electron chi connectivity index (χ3n) is 10.5. The molecule has 0 radical (unpaired) electrons. The van der Waals surface area contributed by atoms with E-state index in [9.17, 15) is 18.0 Å². The van der Waals surface area contributed by atoms with Crippen molar-refractivity contribution in [3.63, 3.8) is 0 Å². The van der Waals surface area contributed by atoms with Crippen LogP contribution in [0.4, 0.5) is 18.9 Å². The first-order valence-electron chi connectivity index (χ1n) is 15.0. The molecule has 4 heterocycles. The van der Waals surface area contributed by atoms with E-state index in [-0.39, 0.29) is 33.9 Å². The van der Waals surface area contributed by atoms with Gasteiger partial charge in [-0.3, -0.25) is 14.6 Å². The number of aryl methyl sites for hydroxylation is 1. The lowest BCUT2D eigenvalue weighted by Crippen LogP contribution is -2.45. The standard InChI is InChI=1S/C32H37F3N6O/c1-20-15-31(16-20,29-38-37-19-39(29)3)22-6-4-7-23(14-22)41-27(21(2)40-13-11-30(18-40)10-12-36-17-30)26-24(28(41)42)8-5-9-25(26)32(33,34)35/h4-9,14,19-21,27,36H,10-13,15-18H2,1-3H3/t20?,21-,27?,30-,31?/m0/s1. The molecule has 7 nitrogen and oxygen atoms in total. The normalized spacial score (nSPS) is 30.2. The van der Waals surface area contributed by atoms with Crippen molar-refractivity contribution in [3.05, 3.63) is 76.9 Å². The van der Waals surface area contributed by atoms with E-state index in [0.717, 1.165) is 69.3 Å². The molecule has 2 saturated heterocycles. The summed E-state index contributed by atoms with van der Waals surface area (Å²) in [7, 11) is 1.93. The molecule has 1 amide bonds. The van der Waals surface area contributed by atoms with Gasteiger partial charge in [0.25, 0.3) is 5.91 Å².